The SMILES string of the molecule is CCCCc1ccc(NC(=O)c2ccc(-c3ccc(OC)cc3[N+](=O)[O-])o2)cc1. The Morgan fingerprint density at radius 1 is 1.14 bits per heavy atom. The predicted molar refractivity (Wildman–Crippen MR) is 110 cm³/mol. The molecule has 1 N–H and O–H groups in total. The number of aryl methyl sites for hydroxylation is 1. The predicted octanol–water partition coefficient (Wildman–Crippen LogP) is 5.46. The average molecular weight is 394 g/mol. The summed E-state index contributed by atoms with van der Waals surface area (Å²) in [5.74, 6) is 0.251. The van der Waals surface area contributed by atoms with Crippen LogP contribution in [0.15, 0.2) is 59.0 Å². The number of rotatable bonds is 8. The van der Waals surface area contributed by atoms with Crippen molar-refractivity contribution >= 4 is 17.3 Å². The first-order valence-electron chi connectivity index (χ1n) is 9.34. The highest BCUT2D eigenvalue weighted by Gasteiger charge is 2.21. The van der Waals surface area contributed by atoms with Crippen LogP contribution in [0.1, 0.15) is 35.9 Å². The quantitative estimate of drug-likeness (QED) is 0.404. The van der Waals surface area contributed by atoms with E-state index in [9.17, 15) is 14.9 Å². The van der Waals surface area contributed by atoms with Crippen molar-refractivity contribution in [3.8, 4) is 17.1 Å². The van der Waals surface area contributed by atoms with Crippen LogP contribution < -0.4 is 10.1 Å². The van der Waals surface area contributed by atoms with Gasteiger partial charge in [-0.05, 0) is 54.8 Å². The molecule has 0 spiro atoms. The second-order valence-electron chi connectivity index (χ2n) is 6.56. The van der Waals surface area contributed by atoms with E-state index in [2.05, 4.69) is 12.2 Å². The summed E-state index contributed by atoms with van der Waals surface area (Å²) in [4.78, 5) is 23.3. The summed E-state index contributed by atoms with van der Waals surface area (Å²) >= 11 is 0. The first kappa shape index (κ1) is 20.1. The minimum Gasteiger partial charge on any atom is -0.497 e. The molecule has 1 amide bonds. The van der Waals surface area contributed by atoms with Crippen molar-refractivity contribution in [2.45, 2.75) is 26.2 Å². The number of furan rings is 1. The maximum absolute atomic E-state index is 12.5. The number of carbonyl (C=O) groups excluding carboxylic acids is 1. The van der Waals surface area contributed by atoms with Gasteiger partial charge in [-0.2, -0.15) is 0 Å². The second-order valence-corrected chi connectivity index (χ2v) is 6.56. The molecule has 1 aromatic heterocycles. The molecule has 2 aromatic carbocycles. The third-order valence-electron chi connectivity index (χ3n) is 4.53. The van der Waals surface area contributed by atoms with E-state index in [-0.39, 0.29) is 22.8 Å². The monoisotopic (exact) mass is 394 g/mol. The summed E-state index contributed by atoms with van der Waals surface area (Å²) < 4.78 is 10.6. The van der Waals surface area contributed by atoms with Crippen LogP contribution in [0.25, 0.3) is 11.3 Å². The third-order valence-corrected chi connectivity index (χ3v) is 4.53. The summed E-state index contributed by atoms with van der Waals surface area (Å²) in [6, 6.07) is 15.2. The van der Waals surface area contributed by atoms with Gasteiger partial charge < -0.3 is 14.5 Å². The molecule has 0 aliphatic heterocycles. The highest BCUT2D eigenvalue weighted by molar-refractivity contribution is 6.02. The Labute approximate surface area is 168 Å². The largest absolute Gasteiger partial charge is 0.497 e. The zero-order valence-corrected chi connectivity index (χ0v) is 16.3. The topological polar surface area (TPSA) is 94.6 Å². The van der Waals surface area contributed by atoms with Gasteiger partial charge in [0.05, 0.1) is 23.7 Å². The molecule has 7 nitrogen and oxygen atoms in total. The van der Waals surface area contributed by atoms with Crippen molar-refractivity contribution in [1.82, 2.24) is 0 Å². The van der Waals surface area contributed by atoms with Gasteiger partial charge in [-0.3, -0.25) is 14.9 Å². The third kappa shape index (κ3) is 4.82. The molecule has 3 rings (SSSR count). The van der Waals surface area contributed by atoms with Crippen LogP contribution in [0.2, 0.25) is 0 Å². The Hall–Kier alpha value is -3.61. The number of carbonyl (C=O) groups is 1. The standard InChI is InChI=1S/C22H22N2O5/c1-3-4-5-15-6-8-16(9-7-15)23-22(25)21-13-12-20(29-21)18-11-10-17(28-2)14-19(18)24(26)27/h6-14H,3-5H2,1-2H3,(H,23,25). The van der Waals surface area contributed by atoms with Crippen LogP contribution in [0.4, 0.5) is 11.4 Å². The van der Waals surface area contributed by atoms with Crippen molar-refractivity contribution in [3.05, 3.63) is 76.0 Å². The van der Waals surface area contributed by atoms with Gasteiger partial charge in [0, 0.05) is 5.69 Å². The Morgan fingerprint density at radius 2 is 1.90 bits per heavy atom. The number of nitrogens with zero attached hydrogens (tertiary/aromatic N) is 1. The lowest BCUT2D eigenvalue weighted by Crippen LogP contribution is -2.10. The van der Waals surface area contributed by atoms with Gasteiger partial charge >= 0.3 is 0 Å². The molecule has 0 saturated carbocycles. The van der Waals surface area contributed by atoms with E-state index in [1.807, 2.05) is 24.3 Å². The smallest absolute Gasteiger partial charge is 0.291 e. The summed E-state index contributed by atoms with van der Waals surface area (Å²) in [6.45, 7) is 2.15. The molecule has 0 radical (unpaired) electrons. The molecule has 0 atom stereocenters. The van der Waals surface area contributed by atoms with Crippen LogP contribution in [-0.4, -0.2) is 17.9 Å². The van der Waals surface area contributed by atoms with E-state index in [1.165, 1.54) is 36.9 Å². The number of methoxy groups -OCH3 is 1. The number of nitro groups is 1. The molecule has 3 aromatic rings. The maximum atomic E-state index is 12.5. The first-order valence-corrected chi connectivity index (χ1v) is 9.34. The molecule has 0 fully saturated rings. The molecular weight excluding hydrogens is 372 g/mol. The molecule has 1 heterocycles. The normalized spacial score (nSPS) is 10.6. The second kappa shape index (κ2) is 9.05. The lowest BCUT2D eigenvalue weighted by molar-refractivity contribution is -0.384. The van der Waals surface area contributed by atoms with Crippen molar-refractivity contribution in [2.75, 3.05) is 12.4 Å². The molecule has 150 valence electrons. The number of nitro benzene ring substituents is 1. The Kier molecular flexibility index (Phi) is 6.29. The van der Waals surface area contributed by atoms with Gasteiger partial charge in [-0.1, -0.05) is 25.5 Å². The van der Waals surface area contributed by atoms with E-state index in [0.717, 1.165) is 19.3 Å². The number of anilines is 1. The molecule has 0 aliphatic carbocycles. The van der Waals surface area contributed by atoms with E-state index in [1.54, 1.807) is 6.07 Å². The fourth-order valence-corrected chi connectivity index (χ4v) is 2.93. The zero-order chi connectivity index (χ0) is 20.8. The van der Waals surface area contributed by atoms with Crippen LogP contribution in [-0.2, 0) is 6.42 Å². The Morgan fingerprint density at radius 3 is 2.55 bits per heavy atom. The van der Waals surface area contributed by atoms with Gasteiger partial charge in [-0.15, -0.1) is 0 Å². The number of hydrogen-bond donors (Lipinski definition) is 1. The molecule has 0 aliphatic rings. The lowest BCUT2D eigenvalue weighted by Gasteiger charge is -2.05. The van der Waals surface area contributed by atoms with Gasteiger partial charge in [-0.25, -0.2) is 0 Å². The minimum absolute atomic E-state index is 0.0696. The zero-order valence-electron chi connectivity index (χ0n) is 16.3. The summed E-state index contributed by atoms with van der Waals surface area (Å²) in [7, 11) is 1.43. The van der Waals surface area contributed by atoms with Crippen molar-refractivity contribution in [3.63, 3.8) is 0 Å². The fourth-order valence-electron chi connectivity index (χ4n) is 2.93. The van der Waals surface area contributed by atoms with Gasteiger partial charge in [0.15, 0.2) is 5.76 Å². The summed E-state index contributed by atoms with van der Waals surface area (Å²) in [5.41, 5.74) is 1.99. The Balaban J connectivity index is 1.76. The highest BCUT2D eigenvalue weighted by Crippen LogP contribution is 2.34. The number of ether oxygens (including phenoxy) is 1. The van der Waals surface area contributed by atoms with Crippen LogP contribution in [0.3, 0.4) is 0 Å². The number of nitrogens with one attached hydrogen (secondary N) is 1. The van der Waals surface area contributed by atoms with E-state index < -0.39 is 10.8 Å². The molecule has 0 saturated heterocycles. The summed E-state index contributed by atoms with van der Waals surface area (Å²) in [6.07, 6.45) is 3.26. The molecular formula is C22H22N2O5. The fraction of sp³-hybridized carbons (Fsp3) is 0.227. The van der Waals surface area contributed by atoms with Crippen molar-refractivity contribution in [2.24, 2.45) is 0 Å². The van der Waals surface area contributed by atoms with Gasteiger partial charge in [0.2, 0.25) is 0 Å². The van der Waals surface area contributed by atoms with Crippen LogP contribution >= 0.6 is 0 Å². The molecule has 7 heteroatoms. The number of unbranched alkanes of at least 4 members (excludes halogenated alkanes) is 1. The van der Waals surface area contributed by atoms with Crippen LogP contribution in [0.5, 0.6) is 5.75 Å². The maximum Gasteiger partial charge on any atom is 0.291 e. The van der Waals surface area contributed by atoms with Crippen molar-refractivity contribution in [1.29, 1.82) is 0 Å². The van der Waals surface area contributed by atoms with Crippen molar-refractivity contribution < 1.29 is 18.9 Å². The molecule has 29 heavy (non-hydrogen) atoms. The van der Waals surface area contributed by atoms with E-state index in [0.29, 0.717) is 11.4 Å². The summed E-state index contributed by atoms with van der Waals surface area (Å²) in [5, 5.41) is 14.1. The highest BCUT2D eigenvalue weighted by atomic mass is 16.6. The minimum atomic E-state index is -0.514. The van der Waals surface area contributed by atoms with Crippen LogP contribution in [0, 0.1) is 10.1 Å². The Bertz CT molecular complexity index is 1010. The molecule has 0 bridgehead atoms. The molecule has 0 unspecified atom stereocenters. The number of hydrogen-bond acceptors (Lipinski definition) is 5. The number of amides is 1. The first-order chi connectivity index (χ1) is 14.0. The van der Waals surface area contributed by atoms with E-state index in [4.69, 9.17) is 9.15 Å². The van der Waals surface area contributed by atoms with Gasteiger partial charge in [0.1, 0.15) is 11.5 Å². The van der Waals surface area contributed by atoms with Gasteiger partial charge in [0.25, 0.3) is 11.6 Å². The van der Waals surface area contributed by atoms with E-state index >= 15 is 0 Å². The average Bonchev–Trinajstić information content (AvgIpc) is 3.23. The number of benzene rings is 2. The lowest BCUT2D eigenvalue weighted by atomic mass is 10.1.